The number of thiazole rings is 1. The Balaban J connectivity index is 1.98. The number of fused-ring (bicyclic) bond motifs is 1. The molecule has 0 bridgehead atoms. The standard InChI is InChI=1S/C20H22N2O4S2/c1-5-22-18-16(26-3)11-6-13(2)19(18)27-20(22)21-17(23)12-14-7-9-15(10-8-14)28(4,24)25/h6-11H,5,12H2,1-4H3. The van der Waals surface area contributed by atoms with E-state index in [-0.39, 0.29) is 17.2 Å². The zero-order chi connectivity index (χ0) is 20.5. The molecule has 0 saturated carbocycles. The van der Waals surface area contributed by atoms with Crippen LogP contribution in [0.5, 0.6) is 5.75 Å². The van der Waals surface area contributed by atoms with Crippen molar-refractivity contribution in [3.05, 3.63) is 52.3 Å². The van der Waals surface area contributed by atoms with Crippen molar-refractivity contribution in [2.24, 2.45) is 4.99 Å². The number of methoxy groups -OCH3 is 1. The third-order valence-electron chi connectivity index (χ3n) is 4.45. The van der Waals surface area contributed by atoms with E-state index < -0.39 is 9.84 Å². The Kier molecular flexibility index (Phi) is 5.71. The molecule has 1 amide bonds. The quantitative estimate of drug-likeness (QED) is 0.638. The van der Waals surface area contributed by atoms with Crippen molar-refractivity contribution in [2.75, 3.05) is 13.4 Å². The van der Waals surface area contributed by atoms with Gasteiger partial charge in [0.15, 0.2) is 14.6 Å². The van der Waals surface area contributed by atoms with Crippen LogP contribution in [-0.4, -0.2) is 32.3 Å². The zero-order valence-corrected chi connectivity index (χ0v) is 17.9. The third kappa shape index (κ3) is 4.02. The summed E-state index contributed by atoms with van der Waals surface area (Å²) < 4.78 is 31.6. The van der Waals surface area contributed by atoms with Crippen LogP contribution in [0.1, 0.15) is 18.1 Å². The second kappa shape index (κ2) is 7.89. The lowest BCUT2D eigenvalue weighted by atomic mass is 10.1. The molecule has 0 atom stereocenters. The molecule has 2 aromatic carbocycles. The summed E-state index contributed by atoms with van der Waals surface area (Å²) in [5.74, 6) is 0.474. The lowest BCUT2D eigenvalue weighted by Gasteiger charge is -2.07. The van der Waals surface area contributed by atoms with Gasteiger partial charge < -0.3 is 9.30 Å². The number of carbonyl (C=O) groups is 1. The number of nitrogens with zero attached hydrogens (tertiary/aromatic N) is 2. The molecular weight excluding hydrogens is 396 g/mol. The summed E-state index contributed by atoms with van der Waals surface area (Å²) in [5.41, 5.74) is 2.77. The minimum atomic E-state index is -3.25. The van der Waals surface area contributed by atoms with Crippen LogP contribution in [0.3, 0.4) is 0 Å². The summed E-state index contributed by atoms with van der Waals surface area (Å²) in [6, 6.07) is 10.2. The largest absolute Gasteiger partial charge is 0.495 e. The van der Waals surface area contributed by atoms with Crippen molar-refractivity contribution in [3.8, 4) is 5.75 Å². The molecule has 0 radical (unpaired) electrons. The Morgan fingerprint density at radius 3 is 2.43 bits per heavy atom. The van der Waals surface area contributed by atoms with Crippen LogP contribution in [0.4, 0.5) is 0 Å². The third-order valence-corrected chi connectivity index (χ3v) is 6.79. The van der Waals surface area contributed by atoms with Crippen LogP contribution >= 0.6 is 11.3 Å². The van der Waals surface area contributed by atoms with E-state index in [1.54, 1.807) is 19.2 Å². The SMILES string of the molecule is CCn1c(=NC(=O)Cc2ccc(S(C)(=O)=O)cc2)sc2c(C)ccc(OC)c21. The number of aryl methyl sites for hydroxylation is 2. The van der Waals surface area contributed by atoms with Crippen molar-refractivity contribution >= 4 is 37.3 Å². The predicted molar refractivity (Wildman–Crippen MR) is 111 cm³/mol. The topological polar surface area (TPSA) is 77.7 Å². The van der Waals surface area contributed by atoms with Crippen LogP contribution in [0.15, 0.2) is 46.3 Å². The van der Waals surface area contributed by atoms with E-state index in [1.165, 1.54) is 23.5 Å². The van der Waals surface area contributed by atoms with Crippen molar-refractivity contribution in [1.29, 1.82) is 0 Å². The average Bonchev–Trinajstić information content (AvgIpc) is 3.00. The number of benzene rings is 2. The van der Waals surface area contributed by atoms with Crippen LogP contribution < -0.4 is 9.54 Å². The molecule has 0 aliphatic carbocycles. The minimum absolute atomic E-state index is 0.109. The number of amides is 1. The van der Waals surface area contributed by atoms with E-state index in [9.17, 15) is 13.2 Å². The minimum Gasteiger partial charge on any atom is -0.495 e. The number of rotatable bonds is 5. The fraction of sp³-hybridized carbons (Fsp3) is 0.300. The maximum atomic E-state index is 12.5. The monoisotopic (exact) mass is 418 g/mol. The maximum absolute atomic E-state index is 12.5. The van der Waals surface area contributed by atoms with Gasteiger partial charge in [-0.15, -0.1) is 0 Å². The molecule has 0 fully saturated rings. The molecule has 0 N–H and O–H groups in total. The maximum Gasteiger partial charge on any atom is 0.252 e. The molecule has 0 aliphatic rings. The van der Waals surface area contributed by atoms with Gasteiger partial charge in [-0.2, -0.15) is 4.99 Å². The van der Waals surface area contributed by atoms with E-state index in [0.717, 1.165) is 33.3 Å². The Labute approximate surface area is 168 Å². The highest BCUT2D eigenvalue weighted by Gasteiger charge is 2.14. The summed E-state index contributed by atoms with van der Waals surface area (Å²) >= 11 is 1.47. The normalized spacial score (nSPS) is 12.5. The highest BCUT2D eigenvalue weighted by atomic mass is 32.2. The van der Waals surface area contributed by atoms with Gasteiger partial charge in [0.2, 0.25) is 0 Å². The molecule has 1 aromatic heterocycles. The highest BCUT2D eigenvalue weighted by molar-refractivity contribution is 7.90. The van der Waals surface area contributed by atoms with Gasteiger partial charge in [-0.05, 0) is 43.2 Å². The molecule has 1 heterocycles. The number of hydrogen-bond acceptors (Lipinski definition) is 5. The molecule has 148 valence electrons. The number of carbonyl (C=O) groups excluding carboxylic acids is 1. The van der Waals surface area contributed by atoms with Crippen LogP contribution in [-0.2, 0) is 27.6 Å². The Morgan fingerprint density at radius 2 is 1.86 bits per heavy atom. The van der Waals surface area contributed by atoms with Gasteiger partial charge >= 0.3 is 0 Å². The van der Waals surface area contributed by atoms with E-state index in [4.69, 9.17) is 4.74 Å². The van der Waals surface area contributed by atoms with E-state index >= 15 is 0 Å². The summed E-state index contributed by atoms with van der Waals surface area (Å²) in [6.45, 7) is 4.68. The highest BCUT2D eigenvalue weighted by Crippen LogP contribution is 2.30. The number of ether oxygens (including phenoxy) is 1. The molecule has 0 saturated heterocycles. The van der Waals surface area contributed by atoms with E-state index in [2.05, 4.69) is 4.99 Å². The van der Waals surface area contributed by atoms with Gasteiger partial charge in [0.05, 0.1) is 23.1 Å². The summed E-state index contributed by atoms with van der Waals surface area (Å²) in [6.07, 6.45) is 1.27. The fourth-order valence-corrected chi connectivity index (χ4v) is 4.82. The lowest BCUT2D eigenvalue weighted by Crippen LogP contribution is -2.16. The Bertz CT molecular complexity index is 1200. The fourth-order valence-electron chi connectivity index (χ4n) is 3.00. The van der Waals surface area contributed by atoms with E-state index in [0.29, 0.717) is 11.3 Å². The molecule has 0 spiro atoms. The molecule has 8 heteroatoms. The van der Waals surface area contributed by atoms with Gasteiger partial charge in [0.25, 0.3) is 5.91 Å². The lowest BCUT2D eigenvalue weighted by molar-refractivity contribution is -0.117. The van der Waals surface area contributed by atoms with Crippen molar-refractivity contribution < 1.29 is 17.9 Å². The average molecular weight is 419 g/mol. The van der Waals surface area contributed by atoms with Crippen molar-refractivity contribution in [3.63, 3.8) is 0 Å². The van der Waals surface area contributed by atoms with Gasteiger partial charge in [0, 0.05) is 12.8 Å². The first-order valence-electron chi connectivity index (χ1n) is 8.78. The van der Waals surface area contributed by atoms with Gasteiger partial charge in [-0.25, -0.2) is 8.42 Å². The Hall–Kier alpha value is -2.45. The molecule has 3 rings (SSSR count). The number of sulfone groups is 1. The zero-order valence-electron chi connectivity index (χ0n) is 16.2. The molecule has 0 unspecified atom stereocenters. The first kappa shape index (κ1) is 20.3. The van der Waals surface area contributed by atoms with Crippen LogP contribution in [0.2, 0.25) is 0 Å². The second-order valence-electron chi connectivity index (χ2n) is 6.49. The summed E-state index contributed by atoms with van der Waals surface area (Å²) in [7, 11) is -1.62. The second-order valence-corrected chi connectivity index (χ2v) is 9.48. The van der Waals surface area contributed by atoms with Crippen molar-refractivity contribution in [1.82, 2.24) is 4.57 Å². The van der Waals surface area contributed by atoms with E-state index in [1.807, 2.05) is 30.5 Å². The Morgan fingerprint density at radius 1 is 1.18 bits per heavy atom. The first-order chi connectivity index (χ1) is 13.2. The molecule has 0 aliphatic heterocycles. The van der Waals surface area contributed by atoms with Crippen molar-refractivity contribution in [2.45, 2.75) is 31.7 Å². The number of hydrogen-bond donors (Lipinski definition) is 0. The molecule has 28 heavy (non-hydrogen) atoms. The predicted octanol–water partition coefficient (Wildman–Crippen LogP) is 3.11. The van der Waals surface area contributed by atoms with Crippen LogP contribution in [0, 0.1) is 6.92 Å². The molecular formula is C20H22N2O4S2. The van der Waals surface area contributed by atoms with Gasteiger partial charge in [-0.1, -0.05) is 29.5 Å². The number of aromatic nitrogens is 1. The summed E-state index contributed by atoms with van der Waals surface area (Å²) in [4.78, 5) is 17.7. The first-order valence-corrected chi connectivity index (χ1v) is 11.5. The van der Waals surface area contributed by atoms with Crippen LogP contribution in [0.25, 0.3) is 10.2 Å². The van der Waals surface area contributed by atoms with Gasteiger partial charge in [0.1, 0.15) is 11.3 Å². The smallest absolute Gasteiger partial charge is 0.252 e. The van der Waals surface area contributed by atoms with Gasteiger partial charge in [-0.3, -0.25) is 4.79 Å². The molecule has 6 nitrogen and oxygen atoms in total. The molecule has 3 aromatic rings. The summed E-state index contributed by atoms with van der Waals surface area (Å²) in [5, 5.41) is 0.